The van der Waals surface area contributed by atoms with E-state index in [0.717, 1.165) is 6.54 Å². The third-order valence-electron chi connectivity index (χ3n) is 2.63. The molecule has 0 unspecified atom stereocenters. The molecule has 0 aliphatic heterocycles. The van der Waals surface area contributed by atoms with Gasteiger partial charge in [0.25, 0.3) is 0 Å². The van der Waals surface area contributed by atoms with Crippen molar-refractivity contribution in [3.63, 3.8) is 0 Å². The summed E-state index contributed by atoms with van der Waals surface area (Å²) in [5.74, 6) is 0.250. The Bertz CT molecular complexity index is 344. The summed E-state index contributed by atoms with van der Waals surface area (Å²) in [4.78, 5) is 11.2. The molecule has 2 aliphatic carbocycles. The molecule has 0 radical (unpaired) electrons. The Balaban J connectivity index is 1.66. The highest BCUT2D eigenvalue weighted by molar-refractivity contribution is 7.90. The van der Waals surface area contributed by atoms with E-state index in [9.17, 15) is 13.2 Å². The van der Waals surface area contributed by atoms with Gasteiger partial charge in [0.2, 0.25) is 15.9 Å². The predicted octanol–water partition coefficient (Wildman–Crippen LogP) is -0.406. The van der Waals surface area contributed by atoms with Crippen LogP contribution in [-0.2, 0) is 14.8 Å². The summed E-state index contributed by atoms with van der Waals surface area (Å²) in [6.45, 7) is 0.916. The van der Waals surface area contributed by atoms with Gasteiger partial charge in [0.05, 0.1) is 11.8 Å². The van der Waals surface area contributed by atoms with Crippen LogP contribution in [0, 0.1) is 5.92 Å². The van der Waals surface area contributed by atoms with Crippen LogP contribution in [0.15, 0.2) is 0 Å². The smallest absolute Gasteiger partial charge is 0.247 e. The van der Waals surface area contributed by atoms with Gasteiger partial charge in [-0.25, -0.2) is 8.42 Å². The highest BCUT2D eigenvalue weighted by atomic mass is 32.2. The topological polar surface area (TPSA) is 75.3 Å². The van der Waals surface area contributed by atoms with Gasteiger partial charge in [-0.3, -0.25) is 9.52 Å². The summed E-state index contributed by atoms with van der Waals surface area (Å²) >= 11 is 0. The van der Waals surface area contributed by atoms with E-state index in [1.165, 1.54) is 12.8 Å². The fraction of sp³-hybridized carbons (Fsp3) is 0.889. The SMILES string of the molecule is O=C(CNCC1CC1)NS(=O)(=O)C1CC1. The maximum absolute atomic E-state index is 11.4. The lowest BCUT2D eigenvalue weighted by Gasteiger charge is -2.06. The molecule has 2 N–H and O–H groups in total. The van der Waals surface area contributed by atoms with Crippen LogP contribution in [0.3, 0.4) is 0 Å². The first kappa shape index (κ1) is 10.9. The molecular formula is C9H16N2O3S. The van der Waals surface area contributed by atoms with Crippen molar-refractivity contribution in [3.8, 4) is 0 Å². The minimum Gasteiger partial charge on any atom is -0.308 e. The van der Waals surface area contributed by atoms with Crippen LogP contribution in [0.2, 0.25) is 0 Å². The van der Waals surface area contributed by atoms with E-state index in [2.05, 4.69) is 10.0 Å². The Morgan fingerprint density at radius 1 is 1.20 bits per heavy atom. The summed E-state index contributed by atoms with van der Waals surface area (Å²) in [7, 11) is -3.36. The highest BCUT2D eigenvalue weighted by Crippen LogP contribution is 2.28. The molecule has 15 heavy (non-hydrogen) atoms. The van der Waals surface area contributed by atoms with Gasteiger partial charge < -0.3 is 5.32 Å². The molecule has 2 aliphatic rings. The van der Waals surface area contributed by atoms with E-state index >= 15 is 0 Å². The molecule has 6 heteroatoms. The number of carbonyl (C=O) groups excluding carboxylic acids is 1. The number of carbonyl (C=O) groups is 1. The molecule has 0 aromatic heterocycles. The second kappa shape index (κ2) is 4.09. The summed E-state index contributed by atoms with van der Waals surface area (Å²) in [6.07, 6.45) is 3.79. The van der Waals surface area contributed by atoms with Crippen LogP contribution in [0.5, 0.6) is 0 Å². The molecule has 0 saturated heterocycles. The highest BCUT2D eigenvalue weighted by Gasteiger charge is 2.36. The van der Waals surface area contributed by atoms with E-state index in [-0.39, 0.29) is 11.8 Å². The van der Waals surface area contributed by atoms with Crippen molar-refractivity contribution in [3.05, 3.63) is 0 Å². The van der Waals surface area contributed by atoms with Gasteiger partial charge in [-0.1, -0.05) is 0 Å². The van der Waals surface area contributed by atoms with Crippen molar-refractivity contribution in [2.45, 2.75) is 30.9 Å². The van der Waals surface area contributed by atoms with Crippen LogP contribution in [-0.4, -0.2) is 32.7 Å². The lowest BCUT2D eigenvalue weighted by molar-refractivity contribution is -0.118. The molecule has 86 valence electrons. The van der Waals surface area contributed by atoms with Gasteiger partial charge in [0, 0.05) is 0 Å². The van der Waals surface area contributed by atoms with Crippen LogP contribution in [0.4, 0.5) is 0 Å². The Labute approximate surface area is 89.7 Å². The molecule has 1 amide bonds. The third-order valence-corrected chi connectivity index (χ3v) is 4.50. The standard InChI is InChI=1S/C9H16N2O3S/c12-9(6-10-5-7-1-2-7)11-15(13,14)8-3-4-8/h7-8,10H,1-6H2,(H,11,12). The number of amides is 1. The summed E-state index contributed by atoms with van der Waals surface area (Å²) in [5, 5.41) is 2.62. The minimum atomic E-state index is -3.36. The van der Waals surface area contributed by atoms with E-state index in [4.69, 9.17) is 0 Å². The fourth-order valence-electron chi connectivity index (χ4n) is 1.37. The van der Waals surface area contributed by atoms with Gasteiger partial charge in [-0.05, 0) is 38.1 Å². The van der Waals surface area contributed by atoms with Crippen molar-refractivity contribution in [1.82, 2.24) is 10.0 Å². The Morgan fingerprint density at radius 2 is 1.87 bits per heavy atom. The Hall–Kier alpha value is -0.620. The van der Waals surface area contributed by atoms with Gasteiger partial charge in [0.1, 0.15) is 0 Å². The van der Waals surface area contributed by atoms with Crippen molar-refractivity contribution < 1.29 is 13.2 Å². The van der Waals surface area contributed by atoms with E-state index < -0.39 is 15.9 Å². The van der Waals surface area contributed by atoms with Gasteiger partial charge in [0.15, 0.2) is 0 Å². The van der Waals surface area contributed by atoms with E-state index in [1.54, 1.807) is 0 Å². The second-order valence-electron chi connectivity index (χ2n) is 4.34. The molecule has 2 rings (SSSR count). The molecule has 0 aromatic carbocycles. The molecule has 5 nitrogen and oxygen atoms in total. The quantitative estimate of drug-likeness (QED) is 0.653. The molecule has 2 saturated carbocycles. The summed E-state index contributed by atoms with van der Waals surface area (Å²) < 4.78 is 24.8. The number of rotatable bonds is 6. The van der Waals surface area contributed by atoms with Crippen LogP contribution in [0.1, 0.15) is 25.7 Å². The summed E-state index contributed by atoms with van der Waals surface area (Å²) in [6, 6.07) is 0. The van der Waals surface area contributed by atoms with Crippen molar-refractivity contribution in [1.29, 1.82) is 0 Å². The molecule has 0 bridgehead atoms. The number of hydrogen-bond donors (Lipinski definition) is 2. The van der Waals surface area contributed by atoms with Crippen LogP contribution < -0.4 is 10.0 Å². The largest absolute Gasteiger partial charge is 0.308 e. The number of nitrogens with one attached hydrogen (secondary N) is 2. The molecule has 0 spiro atoms. The molecule has 0 aromatic rings. The zero-order valence-corrected chi connectivity index (χ0v) is 9.35. The lowest BCUT2D eigenvalue weighted by Crippen LogP contribution is -2.39. The number of sulfonamides is 1. The van der Waals surface area contributed by atoms with Crippen molar-refractivity contribution >= 4 is 15.9 Å². The average Bonchev–Trinajstić information content (AvgIpc) is 2.99. The maximum Gasteiger partial charge on any atom is 0.247 e. The van der Waals surface area contributed by atoms with Crippen molar-refractivity contribution in [2.75, 3.05) is 13.1 Å². The van der Waals surface area contributed by atoms with Crippen molar-refractivity contribution in [2.24, 2.45) is 5.92 Å². The molecular weight excluding hydrogens is 216 g/mol. The van der Waals surface area contributed by atoms with Crippen LogP contribution in [0.25, 0.3) is 0 Å². The summed E-state index contributed by atoms with van der Waals surface area (Å²) in [5.41, 5.74) is 0. The Morgan fingerprint density at radius 3 is 2.40 bits per heavy atom. The third kappa shape index (κ3) is 3.46. The maximum atomic E-state index is 11.4. The molecule has 0 heterocycles. The Kier molecular flexibility index (Phi) is 2.97. The zero-order valence-electron chi connectivity index (χ0n) is 8.53. The van der Waals surface area contributed by atoms with E-state index in [0.29, 0.717) is 18.8 Å². The van der Waals surface area contributed by atoms with Gasteiger partial charge in [-0.15, -0.1) is 0 Å². The minimum absolute atomic E-state index is 0.0997. The lowest BCUT2D eigenvalue weighted by atomic mass is 10.4. The number of hydrogen-bond acceptors (Lipinski definition) is 4. The second-order valence-corrected chi connectivity index (χ2v) is 6.30. The monoisotopic (exact) mass is 232 g/mol. The predicted molar refractivity (Wildman–Crippen MR) is 55.7 cm³/mol. The zero-order chi connectivity index (χ0) is 10.9. The fourth-order valence-corrected chi connectivity index (χ4v) is 2.68. The van der Waals surface area contributed by atoms with Gasteiger partial charge >= 0.3 is 0 Å². The van der Waals surface area contributed by atoms with E-state index in [1.807, 2.05) is 0 Å². The van der Waals surface area contributed by atoms with Crippen LogP contribution >= 0.6 is 0 Å². The normalized spacial score (nSPS) is 21.3. The first-order chi connectivity index (χ1) is 7.08. The van der Waals surface area contributed by atoms with Gasteiger partial charge in [-0.2, -0.15) is 0 Å². The molecule has 2 fully saturated rings. The first-order valence-electron chi connectivity index (χ1n) is 5.33. The average molecular weight is 232 g/mol. The first-order valence-corrected chi connectivity index (χ1v) is 6.88. The molecule has 0 atom stereocenters.